The van der Waals surface area contributed by atoms with Gasteiger partial charge in [-0.1, -0.05) is 221 Å². The Bertz CT molecular complexity index is 824. The molecular formula is C48H92O6. The van der Waals surface area contributed by atoms with Crippen molar-refractivity contribution >= 4 is 17.9 Å². The second-order valence-corrected chi connectivity index (χ2v) is 17.3. The predicted molar refractivity (Wildman–Crippen MR) is 229 cm³/mol. The van der Waals surface area contributed by atoms with Gasteiger partial charge in [0.15, 0.2) is 6.10 Å². The van der Waals surface area contributed by atoms with E-state index in [4.69, 9.17) is 14.2 Å². The summed E-state index contributed by atoms with van der Waals surface area (Å²) in [6.45, 7) is 11.3. The third kappa shape index (κ3) is 41.6. The number of carbonyl (C=O) groups excluding carboxylic acids is 3. The molecule has 0 bridgehead atoms. The zero-order chi connectivity index (χ0) is 39.7. The van der Waals surface area contributed by atoms with Gasteiger partial charge in [0.05, 0.1) is 0 Å². The summed E-state index contributed by atoms with van der Waals surface area (Å²) in [6, 6.07) is 0. The van der Waals surface area contributed by atoms with Crippen molar-refractivity contribution in [1.29, 1.82) is 0 Å². The molecule has 0 amide bonds. The Morgan fingerprint density at radius 2 is 0.611 bits per heavy atom. The van der Waals surface area contributed by atoms with Gasteiger partial charge in [0.1, 0.15) is 13.2 Å². The molecule has 0 heterocycles. The van der Waals surface area contributed by atoms with Crippen molar-refractivity contribution < 1.29 is 28.6 Å². The van der Waals surface area contributed by atoms with Gasteiger partial charge in [-0.3, -0.25) is 14.4 Å². The van der Waals surface area contributed by atoms with Gasteiger partial charge >= 0.3 is 17.9 Å². The fraction of sp³-hybridized carbons (Fsp3) is 0.938. The first kappa shape index (κ1) is 52.4. The summed E-state index contributed by atoms with van der Waals surface area (Å²) >= 11 is 0. The molecule has 0 aliphatic heterocycles. The Morgan fingerprint density at radius 1 is 0.352 bits per heavy atom. The molecule has 0 aromatic rings. The second-order valence-electron chi connectivity index (χ2n) is 17.3. The highest BCUT2D eigenvalue weighted by Crippen LogP contribution is 2.17. The van der Waals surface area contributed by atoms with Crippen molar-refractivity contribution in [3.63, 3.8) is 0 Å². The molecule has 54 heavy (non-hydrogen) atoms. The molecule has 0 fully saturated rings. The van der Waals surface area contributed by atoms with E-state index in [9.17, 15) is 14.4 Å². The van der Waals surface area contributed by atoms with E-state index in [-0.39, 0.29) is 31.1 Å². The molecule has 6 heteroatoms. The number of unbranched alkanes of at least 4 members (excludes halogenated alkanes) is 27. The zero-order valence-corrected chi connectivity index (χ0v) is 36.8. The van der Waals surface area contributed by atoms with Gasteiger partial charge in [-0.15, -0.1) is 0 Å². The van der Waals surface area contributed by atoms with Gasteiger partial charge in [-0.05, 0) is 31.1 Å². The molecule has 1 atom stereocenters. The van der Waals surface area contributed by atoms with Crippen LogP contribution in [0.2, 0.25) is 0 Å². The Kier molecular flexibility index (Phi) is 39.8. The normalized spacial score (nSPS) is 12.1. The predicted octanol–water partition coefficient (Wildman–Crippen LogP) is 15.0. The third-order valence-electron chi connectivity index (χ3n) is 10.7. The van der Waals surface area contributed by atoms with Crippen molar-refractivity contribution in [3.05, 3.63) is 0 Å². The lowest BCUT2D eigenvalue weighted by Gasteiger charge is -2.18. The summed E-state index contributed by atoms with van der Waals surface area (Å²) < 4.78 is 16.7. The first-order valence-electron chi connectivity index (χ1n) is 23.7. The minimum Gasteiger partial charge on any atom is -0.462 e. The van der Waals surface area contributed by atoms with Crippen molar-refractivity contribution in [3.8, 4) is 0 Å². The number of rotatable bonds is 42. The lowest BCUT2D eigenvalue weighted by Crippen LogP contribution is -2.30. The van der Waals surface area contributed by atoms with Crippen LogP contribution in [0.1, 0.15) is 259 Å². The minimum atomic E-state index is -0.761. The molecule has 0 radical (unpaired) electrons. The second kappa shape index (κ2) is 41.1. The minimum absolute atomic E-state index is 0.0656. The topological polar surface area (TPSA) is 78.9 Å². The monoisotopic (exact) mass is 765 g/mol. The summed E-state index contributed by atoms with van der Waals surface area (Å²) in [5.74, 6) is 0.712. The maximum absolute atomic E-state index is 12.7. The van der Waals surface area contributed by atoms with Crippen LogP contribution in [0.15, 0.2) is 0 Å². The summed E-state index contributed by atoms with van der Waals surface area (Å²) in [4.78, 5) is 37.7. The maximum Gasteiger partial charge on any atom is 0.306 e. The van der Waals surface area contributed by atoms with Crippen LogP contribution in [0.25, 0.3) is 0 Å². The fourth-order valence-corrected chi connectivity index (χ4v) is 7.11. The fourth-order valence-electron chi connectivity index (χ4n) is 7.11. The van der Waals surface area contributed by atoms with Gasteiger partial charge in [-0.2, -0.15) is 0 Å². The first-order valence-corrected chi connectivity index (χ1v) is 23.7. The summed E-state index contributed by atoms with van der Waals surface area (Å²) in [5.41, 5.74) is 0. The number of carbonyl (C=O) groups is 3. The lowest BCUT2D eigenvalue weighted by atomic mass is 10.0. The smallest absolute Gasteiger partial charge is 0.306 e. The molecule has 0 aromatic carbocycles. The Morgan fingerprint density at radius 3 is 0.907 bits per heavy atom. The van der Waals surface area contributed by atoms with Crippen molar-refractivity contribution in [2.24, 2.45) is 11.8 Å². The third-order valence-corrected chi connectivity index (χ3v) is 10.7. The van der Waals surface area contributed by atoms with E-state index in [2.05, 4.69) is 34.6 Å². The molecule has 0 aliphatic carbocycles. The zero-order valence-electron chi connectivity index (χ0n) is 36.8. The van der Waals surface area contributed by atoms with Crippen molar-refractivity contribution in [1.82, 2.24) is 0 Å². The van der Waals surface area contributed by atoms with E-state index < -0.39 is 6.10 Å². The average molecular weight is 765 g/mol. The first-order chi connectivity index (χ1) is 26.2. The number of esters is 3. The molecule has 0 saturated carbocycles. The molecule has 0 spiro atoms. The molecule has 0 N–H and O–H groups in total. The average Bonchev–Trinajstić information content (AvgIpc) is 3.14. The summed E-state index contributed by atoms with van der Waals surface area (Å²) in [7, 11) is 0. The van der Waals surface area contributed by atoms with Crippen LogP contribution in [0.3, 0.4) is 0 Å². The molecule has 320 valence electrons. The van der Waals surface area contributed by atoms with Crippen molar-refractivity contribution in [2.75, 3.05) is 13.2 Å². The van der Waals surface area contributed by atoms with Gasteiger partial charge < -0.3 is 14.2 Å². The van der Waals surface area contributed by atoms with E-state index in [0.717, 1.165) is 69.6 Å². The molecule has 6 nitrogen and oxygen atoms in total. The van der Waals surface area contributed by atoms with E-state index in [1.165, 1.54) is 148 Å². The highest BCUT2D eigenvalue weighted by molar-refractivity contribution is 5.71. The molecule has 0 unspecified atom stereocenters. The van der Waals surface area contributed by atoms with E-state index in [1.807, 2.05) is 0 Å². The van der Waals surface area contributed by atoms with Gasteiger partial charge in [0.25, 0.3) is 0 Å². The van der Waals surface area contributed by atoms with Crippen LogP contribution in [-0.2, 0) is 28.6 Å². The van der Waals surface area contributed by atoms with E-state index in [0.29, 0.717) is 19.3 Å². The SMILES string of the molecule is CCCCCCCCCCCCCCCCCC(=O)O[C@@H](COC(=O)CCCCCCCCCCCC(C)C)COC(=O)CCCCCCCCC(C)C. The van der Waals surface area contributed by atoms with Crippen LogP contribution < -0.4 is 0 Å². The van der Waals surface area contributed by atoms with Gasteiger partial charge in [0.2, 0.25) is 0 Å². The summed E-state index contributed by atoms with van der Waals surface area (Å²) in [6.07, 6.45) is 39.6. The highest BCUT2D eigenvalue weighted by Gasteiger charge is 2.19. The number of hydrogen-bond acceptors (Lipinski definition) is 6. The van der Waals surface area contributed by atoms with Crippen LogP contribution in [-0.4, -0.2) is 37.2 Å². The molecular weight excluding hydrogens is 673 g/mol. The summed E-state index contributed by atoms with van der Waals surface area (Å²) in [5, 5.41) is 0. The number of ether oxygens (including phenoxy) is 3. The Hall–Kier alpha value is -1.59. The molecule has 0 aliphatic rings. The van der Waals surface area contributed by atoms with Gasteiger partial charge in [0, 0.05) is 19.3 Å². The lowest BCUT2D eigenvalue weighted by molar-refractivity contribution is -0.167. The maximum atomic E-state index is 12.7. The Labute approximate surface area is 336 Å². The molecule has 0 aromatic heterocycles. The van der Waals surface area contributed by atoms with Crippen molar-refractivity contribution in [2.45, 2.75) is 265 Å². The number of hydrogen-bond donors (Lipinski definition) is 0. The standard InChI is InChI=1S/C48H92O6/c1-6-7-8-9-10-11-12-13-14-15-16-19-23-30-35-40-48(51)54-45(42-53-47(50)39-34-29-25-24-27-32-37-44(4)5)41-52-46(49)38-33-28-22-20-17-18-21-26-31-36-43(2)3/h43-45H,6-42H2,1-5H3/t45-/m0/s1. The largest absolute Gasteiger partial charge is 0.462 e. The molecule has 0 rings (SSSR count). The van der Waals surface area contributed by atoms with E-state index in [1.54, 1.807) is 0 Å². The van der Waals surface area contributed by atoms with Crippen LogP contribution in [0, 0.1) is 11.8 Å². The van der Waals surface area contributed by atoms with E-state index >= 15 is 0 Å². The van der Waals surface area contributed by atoms with Crippen LogP contribution in [0.5, 0.6) is 0 Å². The Balaban J connectivity index is 4.30. The quantitative estimate of drug-likeness (QED) is 0.0350. The highest BCUT2D eigenvalue weighted by atomic mass is 16.6. The van der Waals surface area contributed by atoms with Crippen LogP contribution in [0.4, 0.5) is 0 Å². The van der Waals surface area contributed by atoms with Gasteiger partial charge in [-0.25, -0.2) is 0 Å². The van der Waals surface area contributed by atoms with Crippen LogP contribution >= 0.6 is 0 Å². The molecule has 0 saturated heterocycles.